The average molecular weight is 501 g/mol. The summed E-state index contributed by atoms with van der Waals surface area (Å²) < 4.78 is 4.39. The van der Waals surface area contributed by atoms with Crippen LogP contribution in [0.4, 0.5) is 5.69 Å². The molecule has 0 spiro atoms. The zero-order valence-corrected chi connectivity index (χ0v) is 21.2. The van der Waals surface area contributed by atoms with Crippen LogP contribution >= 0.6 is 0 Å². The van der Waals surface area contributed by atoms with Gasteiger partial charge >= 0.3 is 5.91 Å². The molecule has 3 heterocycles. The predicted octanol–water partition coefficient (Wildman–Crippen LogP) is 4.49. The van der Waals surface area contributed by atoms with Crippen molar-refractivity contribution >= 4 is 22.5 Å². The molecule has 9 heteroatoms. The second kappa shape index (κ2) is 8.99. The van der Waals surface area contributed by atoms with E-state index >= 15 is 0 Å². The van der Waals surface area contributed by atoms with Crippen molar-refractivity contribution in [2.75, 3.05) is 5.32 Å². The van der Waals surface area contributed by atoms with E-state index in [0.29, 0.717) is 27.7 Å². The number of amides is 1. The molecule has 0 saturated heterocycles. The number of carbonyl (C=O) groups excluding carboxylic acids is 1. The average Bonchev–Trinajstić information content (AvgIpc) is 3.46. The Labute approximate surface area is 215 Å². The van der Waals surface area contributed by atoms with Crippen molar-refractivity contribution in [2.45, 2.75) is 69.9 Å². The number of carbonyl (C=O) groups is 1. The van der Waals surface area contributed by atoms with Crippen LogP contribution < -0.4 is 10.0 Å². The molecule has 2 saturated carbocycles. The number of benzene rings is 1. The van der Waals surface area contributed by atoms with Gasteiger partial charge in [-0.15, -0.1) is 0 Å². The molecule has 3 aromatic heterocycles. The van der Waals surface area contributed by atoms with Crippen LogP contribution in [0.2, 0.25) is 0 Å². The van der Waals surface area contributed by atoms with E-state index in [1.54, 1.807) is 29.2 Å². The van der Waals surface area contributed by atoms with Gasteiger partial charge in [-0.1, -0.05) is 13.8 Å². The standard InChI is InChI=1S/C28H32N6O3/c1-18(2)24-5-3-6-25(34(24)37)27(35)30-23-15-19-17-33(21-9-11-28(36,12-10-21)20-7-8-20)31-22(19)16-26(23)32-14-4-13-29-32/h3-6,13-18,20-21,36H,7-12H2,1-2H3,(H,30,35). The van der Waals surface area contributed by atoms with Crippen molar-refractivity contribution in [1.29, 1.82) is 0 Å². The molecule has 0 radical (unpaired) electrons. The normalized spacial score (nSPS) is 22.0. The largest absolute Gasteiger partial charge is 0.618 e. The predicted molar refractivity (Wildman–Crippen MR) is 139 cm³/mol. The second-order valence-corrected chi connectivity index (χ2v) is 10.8. The molecular formula is C28H32N6O3. The van der Waals surface area contributed by atoms with Gasteiger partial charge < -0.3 is 15.6 Å². The van der Waals surface area contributed by atoms with Gasteiger partial charge in [0.15, 0.2) is 5.69 Å². The van der Waals surface area contributed by atoms with E-state index in [9.17, 15) is 15.1 Å². The summed E-state index contributed by atoms with van der Waals surface area (Å²) in [5, 5.41) is 36.8. The molecule has 37 heavy (non-hydrogen) atoms. The topological polar surface area (TPSA) is 112 Å². The molecule has 2 fully saturated rings. The summed E-state index contributed by atoms with van der Waals surface area (Å²) in [5.41, 5.74) is 2.09. The van der Waals surface area contributed by atoms with E-state index in [1.807, 2.05) is 42.9 Å². The Bertz CT molecular complexity index is 1450. The number of aliphatic hydroxyl groups is 1. The Hall–Kier alpha value is -3.72. The summed E-state index contributed by atoms with van der Waals surface area (Å²) in [5.74, 6) is -0.0154. The van der Waals surface area contributed by atoms with Crippen LogP contribution in [0, 0.1) is 11.1 Å². The Balaban J connectivity index is 1.32. The van der Waals surface area contributed by atoms with Crippen molar-refractivity contribution in [1.82, 2.24) is 19.6 Å². The van der Waals surface area contributed by atoms with Crippen molar-refractivity contribution < 1.29 is 14.6 Å². The molecule has 0 bridgehead atoms. The Morgan fingerprint density at radius 2 is 1.97 bits per heavy atom. The van der Waals surface area contributed by atoms with Crippen LogP contribution in [-0.2, 0) is 0 Å². The van der Waals surface area contributed by atoms with Gasteiger partial charge in [-0.05, 0) is 68.7 Å². The van der Waals surface area contributed by atoms with Gasteiger partial charge in [-0.3, -0.25) is 9.48 Å². The first-order valence-electron chi connectivity index (χ1n) is 13.1. The maximum absolute atomic E-state index is 13.2. The lowest BCUT2D eigenvalue weighted by molar-refractivity contribution is -0.617. The summed E-state index contributed by atoms with van der Waals surface area (Å²) in [7, 11) is 0. The Morgan fingerprint density at radius 1 is 1.19 bits per heavy atom. The molecule has 0 unspecified atom stereocenters. The molecule has 0 aliphatic heterocycles. The minimum Gasteiger partial charge on any atom is -0.618 e. The summed E-state index contributed by atoms with van der Waals surface area (Å²) in [4.78, 5) is 13.2. The molecule has 2 N–H and O–H groups in total. The van der Waals surface area contributed by atoms with Gasteiger partial charge in [0, 0.05) is 42.0 Å². The van der Waals surface area contributed by atoms with Gasteiger partial charge in [-0.2, -0.15) is 14.9 Å². The number of hydrogen-bond donors (Lipinski definition) is 2. The third kappa shape index (κ3) is 4.37. The van der Waals surface area contributed by atoms with E-state index in [2.05, 4.69) is 10.4 Å². The Kier molecular flexibility index (Phi) is 5.75. The van der Waals surface area contributed by atoms with Crippen LogP contribution in [0.15, 0.2) is 55.0 Å². The number of aromatic nitrogens is 5. The molecule has 2 aliphatic carbocycles. The molecule has 192 valence electrons. The lowest BCUT2D eigenvalue weighted by Gasteiger charge is -2.36. The van der Waals surface area contributed by atoms with Crippen molar-refractivity contribution in [3.63, 3.8) is 0 Å². The first-order chi connectivity index (χ1) is 17.8. The van der Waals surface area contributed by atoms with Gasteiger partial charge in [0.2, 0.25) is 0 Å². The number of anilines is 1. The molecule has 9 nitrogen and oxygen atoms in total. The fraction of sp³-hybridized carbons (Fsp3) is 0.429. The second-order valence-electron chi connectivity index (χ2n) is 10.8. The molecule has 1 aromatic carbocycles. The third-order valence-electron chi connectivity index (χ3n) is 7.97. The highest BCUT2D eigenvalue weighted by Crippen LogP contribution is 2.49. The van der Waals surface area contributed by atoms with Crippen LogP contribution in [-0.4, -0.2) is 36.2 Å². The van der Waals surface area contributed by atoms with Crippen molar-refractivity contribution in [2.24, 2.45) is 5.92 Å². The number of hydrogen-bond acceptors (Lipinski definition) is 5. The van der Waals surface area contributed by atoms with E-state index in [1.165, 1.54) is 6.07 Å². The van der Waals surface area contributed by atoms with Crippen molar-refractivity contribution in [3.05, 3.63) is 71.6 Å². The molecule has 6 rings (SSSR count). The monoisotopic (exact) mass is 500 g/mol. The van der Waals surface area contributed by atoms with E-state index in [-0.39, 0.29) is 17.7 Å². The molecule has 0 atom stereocenters. The maximum atomic E-state index is 13.2. The van der Waals surface area contributed by atoms with Crippen LogP contribution in [0.3, 0.4) is 0 Å². The molecule has 2 aliphatic rings. The van der Waals surface area contributed by atoms with Gasteiger partial charge in [0.1, 0.15) is 0 Å². The van der Waals surface area contributed by atoms with Gasteiger partial charge in [0.05, 0.1) is 28.5 Å². The SMILES string of the molecule is CC(C)c1cccc(C(=O)Nc2cc3cn(C4CCC(O)(C5CC5)CC4)nc3cc2-n2cccn2)[n+]1[O-]. The van der Waals surface area contributed by atoms with Gasteiger partial charge in [0.25, 0.3) is 5.69 Å². The number of nitrogens with one attached hydrogen (secondary N) is 1. The first-order valence-corrected chi connectivity index (χ1v) is 13.1. The van der Waals surface area contributed by atoms with Crippen LogP contribution in [0.1, 0.15) is 80.5 Å². The summed E-state index contributed by atoms with van der Waals surface area (Å²) in [6, 6.07) is 10.8. The zero-order chi connectivity index (χ0) is 25.7. The first kappa shape index (κ1) is 23.7. The minimum absolute atomic E-state index is 0.00729. The minimum atomic E-state index is -0.501. The quantitative estimate of drug-likeness (QED) is 0.299. The fourth-order valence-corrected chi connectivity index (χ4v) is 5.66. The number of nitrogens with zero attached hydrogens (tertiary/aromatic N) is 5. The maximum Gasteiger partial charge on any atom is 0.321 e. The lowest BCUT2D eigenvalue weighted by Crippen LogP contribution is -2.41. The molecule has 4 aromatic rings. The highest BCUT2D eigenvalue weighted by molar-refractivity contribution is 6.04. The summed E-state index contributed by atoms with van der Waals surface area (Å²) in [6.07, 6.45) is 11.2. The van der Waals surface area contributed by atoms with E-state index in [0.717, 1.165) is 49.4 Å². The van der Waals surface area contributed by atoms with Crippen molar-refractivity contribution in [3.8, 4) is 5.69 Å². The van der Waals surface area contributed by atoms with Gasteiger partial charge in [-0.25, -0.2) is 4.68 Å². The van der Waals surface area contributed by atoms with Crippen LogP contribution in [0.25, 0.3) is 16.6 Å². The number of fused-ring (bicyclic) bond motifs is 1. The third-order valence-corrected chi connectivity index (χ3v) is 7.97. The fourth-order valence-electron chi connectivity index (χ4n) is 5.66. The summed E-state index contributed by atoms with van der Waals surface area (Å²) >= 11 is 0. The number of pyridine rings is 1. The lowest BCUT2D eigenvalue weighted by atomic mass is 9.79. The van der Waals surface area contributed by atoms with E-state index in [4.69, 9.17) is 5.10 Å². The zero-order valence-electron chi connectivity index (χ0n) is 21.2. The van der Waals surface area contributed by atoms with E-state index < -0.39 is 11.5 Å². The highest BCUT2D eigenvalue weighted by Gasteiger charge is 2.45. The smallest absolute Gasteiger partial charge is 0.321 e. The highest BCUT2D eigenvalue weighted by atomic mass is 16.5. The summed E-state index contributed by atoms with van der Waals surface area (Å²) in [6.45, 7) is 3.84. The van der Waals surface area contributed by atoms with Crippen LogP contribution in [0.5, 0.6) is 0 Å². The molecule has 1 amide bonds. The number of rotatable bonds is 6. The Morgan fingerprint density at radius 3 is 2.65 bits per heavy atom. The molecular weight excluding hydrogens is 468 g/mol.